The maximum Gasteiger partial charge on any atom is 0.175 e. The van der Waals surface area contributed by atoms with Gasteiger partial charge in [0.15, 0.2) is 6.40 Å². The molecule has 0 spiro atoms. The van der Waals surface area contributed by atoms with Gasteiger partial charge in [-0.25, -0.2) is 4.99 Å². The van der Waals surface area contributed by atoms with Crippen molar-refractivity contribution in [2.45, 2.75) is 0 Å². The van der Waals surface area contributed by atoms with Crippen molar-refractivity contribution in [2.75, 3.05) is 6.61 Å². The smallest absolute Gasteiger partial charge is 0.175 e. The van der Waals surface area contributed by atoms with Crippen LogP contribution in [0.2, 0.25) is 0 Å². The summed E-state index contributed by atoms with van der Waals surface area (Å²) in [7, 11) is 0. The summed E-state index contributed by atoms with van der Waals surface area (Å²) in [6.07, 6.45) is 5.70. The van der Waals surface area contributed by atoms with Crippen LogP contribution in [0.3, 0.4) is 0 Å². The lowest BCUT2D eigenvalue weighted by atomic mass is 10.6. The number of hydrogen-bond donors (Lipinski definition) is 0. The minimum absolute atomic E-state index is 0.615. The Kier molecular flexibility index (Phi) is 0.906. The van der Waals surface area contributed by atoms with E-state index in [1.807, 2.05) is 0 Å². The fraction of sp³-hybridized carbons (Fsp3) is 0.250. The molecule has 0 atom stereocenters. The molecule has 0 bridgehead atoms. The van der Waals surface area contributed by atoms with Gasteiger partial charge in [0.05, 0.1) is 6.20 Å². The molecule has 0 fully saturated rings. The number of ether oxygens (including phenoxy) is 1. The van der Waals surface area contributed by atoms with Crippen molar-refractivity contribution < 1.29 is 4.74 Å². The highest BCUT2D eigenvalue weighted by Gasteiger charge is 1.77. The van der Waals surface area contributed by atoms with Crippen molar-refractivity contribution in [2.24, 2.45) is 4.99 Å². The van der Waals surface area contributed by atoms with E-state index < -0.39 is 0 Å². The van der Waals surface area contributed by atoms with Crippen LogP contribution in [0.25, 0.3) is 0 Å². The van der Waals surface area contributed by atoms with Crippen LogP contribution >= 0.6 is 0 Å². The second-order valence-electron chi connectivity index (χ2n) is 0.901. The summed E-state index contributed by atoms with van der Waals surface area (Å²) in [4.78, 5) is 3.52. The molecule has 0 aromatic carbocycles. The van der Waals surface area contributed by atoms with E-state index in [2.05, 4.69) is 15.9 Å². The minimum atomic E-state index is 0.615. The first-order valence-corrected chi connectivity index (χ1v) is 1.70. The largest absolute Gasteiger partial charge is 0.479 e. The zero-order valence-corrected chi connectivity index (χ0v) is 3.22. The van der Waals surface area contributed by atoms with Crippen LogP contribution in [-0.2, 0) is 4.74 Å². The SMILES string of the molecule is [C]1=CCOC=N1. The molecule has 1 radical (unpaired) electrons. The standard InChI is InChI=1S/C4H4NO/c1-2-5-4-6-3-1/h1,4H,3H2. The number of aliphatic imine (C=N–C) groups is 1. The number of nitrogens with zero attached hydrogens (tertiary/aromatic N) is 1. The lowest BCUT2D eigenvalue weighted by Crippen LogP contribution is -1.89. The van der Waals surface area contributed by atoms with Gasteiger partial charge in [0.1, 0.15) is 6.61 Å². The van der Waals surface area contributed by atoms with Gasteiger partial charge >= 0.3 is 0 Å². The molecule has 0 N–H and O–H groups in total. The molecular formula is C4H4NO. The van der Waals surface area contributed by atoms with Gasteiger partial charge in [-0.1, -0.05) is 0 Å². The van der Waals surface area contributed by atoms with E-state index in [1.54, 1.807) is 6.08 Å². The highest BCUT2D eigenvalue weighted by Crippen LogP contribution is 1.80. The van der Waals surface area contributed by atoms with Gasteiger partial charge in [0, 0.05) is 0 Å². The Morgan fingerprint density at radius 1 is 1.83 bits per heavy atom. The van der Waals surface area contributed by atoms with E-state index in [4.69, 9.17) is 0 Å². The molecule has 0 aromatic heterocycles. The van der Waals surface area contributed by atoms with Crippen molar-refractivity contribution in [1.29, 1.82) is 0 Å². The molecule has 1 rings (SSSR count). The predicted octanol–water partition coefficient (Wildman–Crippen LogP) is 0.362. The van der Waals surface area contributed by atoms with Crippen LogP contribution < -0.4 is 0 Å². The van der Waals surface area contributed by atoms with Gasteiger partial charge in [0.25, 0.3) is 0 Å². The van der Waals surface area contributed by atoms with Crippen LogP contribution in [0, 0.1) is 6.20 Å². The lowest BCUT2D eigenvalue weighted by molar-refractivity contribution is 0.361. The van der Waals surface area contributed by atoms with Gasteiger partial charge in [-0.15, -0.1) is 0 Å². The molecule has 0 amide bonds. The third kappa shape index (κ3) is 0.578. The third-order valence-corrected chi connectivity index (χ3v) is 0.473. The van der Waals surface area contributed by atoms with Crippen molar-refractivity contribution in [1.82, 2.24) is 0 Å². The zero-order valence-electron chi connectivity index (χ0n) is 3.22. The quantitative estimate of drug-likeness (QED) is 0.413. The first kappa shape index (κ1) is 3.40. The average molecular weight is 82.1 g/mol. The zero-order chi connectivity index (χ0) is 4.24. The van der Waals surface area contributed by atoms with Crippen LogP contribution in [0.5, 0.6) is 0 Å². The second-order valence-corrected chi connectivity index (χ2v) is 0.901. The third-order valence-electron chi connectivity index (χ3n) is 0.473. The lowest BCUT2D eigenvalue weighted by Gasteiger charge is -1.92. The van der Waals surface area contributed by atoms with Crippen molar-refractivity contribution in [3.05, 3.63) is 12.3 Å². The van der Waals surface area contributed by atoms with Gasteiger partial charge in [0.2, 0.25) is 0 Å². The normalized spacial score (nSPS) is 17.3. The van der Waals surface area contributed by atoms with Crippen LogP contribution in [-0.4, -0.2) is 13.0 Å². The summed E-state index contributed by atoms with van der Waals surface area (Å²) in [5, 5.41) is 0. The molecule has 1 aliphatic rings. The molecule has 31 valence electrons. The molecule has 0 saturated carbocycles. The summed E-state index contributed by atoms with van der Waals surface area (Å²) < 4.78 is 4.66. The maximum atomic E-state index is 4.66. The van der Waals surface area contributed by atoms with Gasteiger partial charge < -0.3 is 4.74 Å². The number of hydrogen-bond acceptors (Lipinski definition) is 2. The Morgan fingerprint density at radius 3 is 3.00 bits per heavy atom. The van der Waals surface area contributed by atoms with Crippen LogP contribution in [0.4, 0.5) is 0 Å². The maximum absolute atomic E-state index is 4.66. The summed E-state index contributed by atoms with van der Waals surface area (Å²) in [5.74, 6) is 0. The molecule has 0 aromatic rings. The van der Waals surface area contributed by atoms with Crippen LogP contribution in [0.1, 0.15) is 0 Å². The molecule has 6 heavy (non-hydrogen) atoms. The molecule has 2 heteroatoms. The summed E-state index contributed by atoms with van der Waals surface area (Å²) in [6.45, 7) is 0.615. The fourth-order valence-corrected chi connectivity index (χ4v) is 0.249. The second kappa shape index (κ2) is 1.60. The van der Waals surface area contributed by atoms with Crippen molar-refractivity contribution >= 4 is 6.40 Å². The van der Waals surface area contributed by atoms with E-state index in [-0.39, 0.29) is 0 Å². The van der Waals surface area contributed by atoms with E-state index in [0.29, 0.717) is 6.61 Å². The van der Waals surface area contributed by atoms with Gasteiger partial charge in [-0.05, 0) is 6.08 Å². The minimum Gasteiger partial charge on any atom is -0.479 e. The first-order valence-electron chi connectivity index (χ1n) is 1.70. The van der Waals surface area contributed by atoms with E-state index >= 15 is 0 Å². The molecule has 0 saturated heterocycles. The van der Waals surface area contributed by atoms with E-state index in [9.17, 15) is 0 Å². The van der Waals surface area contributed by atoms with Crippen molar-refractivity contribution in [3.8, 4) is 0 Å². The molecule has 1 heterocycles. The molecule has 0 aliphatic carbocycles. The summed E-state index contributed by atoms with van der Waals surface area (Å²) in [5.41, 5.74) is 0. The Morgan fingerprint density at radius 2 is 2.83 bits per heavy atom. The average Bonchev–Trinajstić information content (AvgIpc) is 1.72. The topological polar surface area (TPSA) is 21.6 Å². The van der Waals surface area contributed by atoms with E-state index in [1.165, 1.54) is 6.40 Å². The van der Waals surface area contributed by atoms with Gasteiger partial charge in [-0.2, -0.15) is 0 Å². The van der Waals surface area contributed by atoms with Gasteiger partial charge in [-0.3, -0.25) is 0 Å². The molecule has 0 unspecified atom stereocenters. The Balaban J connectivity index is 2.46. The predicted molar refractivity (Wildman–Crippen MR) is 22.3 cm³/mol. The highest BCUT2D eigenvalue weighted by molar-refractivity contribution is 5.47. The Labute approximate surface area is 36.1 Å². The summed E-state index contributed by atoms with van der Waals surface area (Å²) >= 11 is 0. The van der Waals surface area contributed by atoms with Crippen molar-refractivity contribution in [3.63, 3.8) is 0 Å². The fourth-order valence-electron chi connectivity index (χ4n) is 0.249. The number of rotatable bonds is 0. The highest BCUT2D eigenvalue weighted by atomic mass is 16.5. The molecular weight excluding hydrogens is 78.1 g/mol. The Bertz CT molecular complexity index is 73.5. The molecule has 2 nitrogen and oxygen atoms in total. The first-order chi connectivity index (χ1) is 3.00. The Hall–Kier alpha value is -0.790. The van der Waals surface area contributed by atoms with Crippen LogP contribution in [0.15, 0.2) is 11.1 Å². The summed E-state index contributed by atoms with van der Waals surface area (Å²) in [6, 6.07) is 0. The molecule has 1 aliphatic heterocycles. The monoisotopic (exact) mass is 82.0 g/mol. The van der Waals surface area contributed by atoms with E-state index in [0.717, 1.165) is 0 Å².